The van der Waals surface area contributed by atoms with E-state index in [2.05, 4.69) is 5.32 Å². The van der Waals surface area contributed by atoms with Crippen LogP contribution in [0.5, 0.6) is 5.75 Å². The number of aliphatic hydroxyl groups is 1. The van der Waals surface area contributed by atoms with Crippen LogP contribution in [0.25, 0.3) is 0 Å². The number of amides is 1. The number of hydrogen-bond acceptors (Lipinski definition) is 5. The summed E-state index contributed by atoms with van der Waals surface area (Å²) >= 11 is 0. The Kier molecular flexibility index (Phi) is 8.46. The smallest absolute Gasteiger partial charge is 0.430 e. The van der Waals surface area contributed by atoms with Gasteiger partial charge in [0, 0.05) is 51.3 Å². The number of halogens is 3. The predicted molar refractivity (Wildman–Crippen MR) is 133 cm³/mol. The fraction of sp³-hybridized carbons (Fsp3) is 0.536. The van der Waals surface area contributed by atoms with E-state index in [4.69, 9.17) is 14.6 Å². The molecule has 2 aliphatic heterocycles. The minimum atomic E-state index is -4.92. The zero-order valence-electron chi connectivity index (χ0n) is 21.1. The lowest BCUT2D eigenvalue weighted by molar-refractivity contribution is -0.271. The van der Waals surface area contributed by atoms with Crippen molar-refractivity contribution in [1.82, 2.24) is 10.2 Å². The molecule has 2 heterocycles. The van der Waals surface area contributed by atoms with Gasteiger partial charge in [0.25, 0.3) is 11.5 Å². The molecule has 2 N–H and O–H groups in total. The third-order valence-electron chi connectivity index (χ3n) is 7.98. The van der Waals surface area contributed by atoms with Gasteiger partial charge in [0.05, 0.1) is 6.61 Å². The van der Waals surface area contributed by atoms with Crippen molar-refractivity contribution >= 4 is 5.91 Å². The van der Waals surface area contributed by atoms with Crippen LogP contribution >= 0.6 is 0 Å². The summed E-state index contributed by atoms with van der Waals surface area (Å²) in [6.07, 6.45) is -2.36. The number of likely N-dealkylation sites (tertiary alicyclic amines) is 1. The molecule has 6 nitrogen and oxygen atoms in total. The fourth-order valence-electron chi connectivity index (χ4n) is 5.94. The van der Waals surface area contributed by atoms with Crippen LogP contribution in [0, 0.1) is 5.41 Å². The quantitative estimate of drug-likeness (QED) is 0.510. The summed E-state index contributed by atoms with van der Waals surface area (Å²) in [6, 6.07) is 15.0. The Labute approximate surface area is 215 Å². The van der Waals surface area contributed by atoms with Crippen LogP contribution in [-0.4, -0.2) is 68.6 Å². The molecule has 1 spiro atoms. The van der Waals surface area contributed by atoms with Crippen molar-refractivity contribution in [2.45, 2.75) is 43.4 Å². The van der Waals surface area contributed by atoms with Crippen LogP contribution in [0.4, 0.5) is 13.2 Å². The second kappa shape index (κ2) is 11.4. The van der Waals surface area contributed by atoms with Crippen LogP contribution in [0.2, 0.25) is 0 Å². The molecular weight excluding hydrogens is 485 g/mol. The molecule has 4 rings (SSSR count). The van der Waals surface area contributed by atoms with Gasteiger partial charge in [0.15, 0.2) is 0 Å². The molecule has 0 aromatic heterocycles. The topological polar surface area (TPSA) is 71.0 Å². The number of rotatable bonds is 8. The van der Waals surface area contributed by atoms with E-state index in [1.807, 2.05) is 24.3 Å². The first-order valence-corrected chi connectivity index (χ1v) is 12.8. The molecule has 0 radical (unpaired) electrons. The second-order valence-electron chi connectivity index (χ2n) is 9.87. The van der Waals surface area contributed by atoms with E-state index in [-0.39, 0.29) is 36.6 Å². The third-order valence-corrected chi connectivity index (χ3v) is 7.98. The van der Waals surface area contributed by atoms with Crippen LogP contribution in [-0.2, 0) is 15.1 Å². The Morgan fingerprint density at radius 2 is 1.76 bits per heavy atom. The van der Waals surface area contributed by atoms with E-state index in [1.54, 1.807) is 6.07 Å². The maximum Gasteiger partial charge on any atom is 0.430 e. The average molecular weight is 521 g/mol. The van der Waals surface area contributed by atoms with Crippen molar-refractivity contribution in [3.63, 3.8) is 0 Å². The number of hydrogen-bond donors (Lipinski definition) is 2. The monoisotopic (exact) mass is 520 g/mol. The molecule has 37 heavy (non-hydrogen) atoms. The van der Waals surface area contributed by atoms with Gasteiger partial charge in [-0.25, -0.2) is 0 Å². The van der Waals surface area contributed by atoms with Gasteiger partial charge < -0.3 is 24.8 Å². The Bertz CT molecular complexity index is 1040. The van der Waals surface area contributed by atoms with Gasteiger partial charge in [0.1, 0.15) is 5.75 Å². The van der Waals surface area contributed by atoms with Crippen LogP contribution in [0.15, 0.2) is 54.6 Å². The molecule has 9 heteroatoms. The van der Waals surface area contributed by atoms with E-state index >= 15 is 0 Å². The lowest BCUT2D eigenvalue weighted by Crippen LogP contribution is -2.59. The number of methoxy groups -OCH3 is 1. The third kappa shape index (κ3) is 5.22. The molecule has 0 saturated carbocycles. The highest BCUT2D eigenvalue weighted by molar-refractivity contribution is 5.88. The number of aliphatic hydroxyl groups excluding tert-OH is 1. The molecule has 2 aromatic rings. The molecule has 1 amide bonds. The maximum absolute atomic E-state index is 14.5. The largest absolute Gasteiger partial charge is 0.493 e. The van der Waals surface area contributed by atoms with Gasteiger partial charge in [-0.1, -0.05) is 48.5 Å². The number of carbonyl (C=O) groups excluding carboxylic acids is 1. The van der Waals surface area contributed by atoms with Crippen molar-refractivity contribution < 1.29 is 32.5 Å². The number of nitrogens with zero attached hydrogens (tertiary/aromatic N) is 1. The lowest BCUT2D eigenvalue weighted by Gasteiger charge is -2.51. The summed E-state index contributed by atoms with van der Waals surface area (Å²) in [4.78, 5) is 14.9. The molecule has 1 unspecified atom stereocenters. The highest BCUT2D eigenvalue weighted by Crippen LogP contribution is 2.51. The minimum absolute atomic E-state index is 0.0465. The lowest BCUT2D eigenvalue weighted by atomic mass is 9.62. The van der Waals surface area contributed by atoms with Gasteiger partial charge in [-0.3, -0.25) is 4.79 Å². The average Bonchev–Trinajstić information content (AvgIpc) is 2.90. The van der Waals surface area contributed by atoms with Crippen LogP contribution in [0.1, 0.15) is 42.7 Å². The van der Waals surface area contributed by atoms with Gasteiger partial charge in [0.2, 0.25) is 0 Å². The zero-order valence-corrected chi connectivity index (χ0v) is 21.1. The fourth-order valence-corrected chi connectivity index (χ4v) is 5.94. The Morgan fingerprint density at radius 3 is 2.41 bits per heavy atom. The van der Waals surface area contributed by atoms with Crippen molar-refractivity contribution in [3.05, 3.63) is 65.7 Å². The first kappa shape index (κ1) is 27.4. The van der Waals surface area contributed by atoms with Crippen LogP contribution < -0.4 is 10.1 Å². The summed E-state index contributed by atoms with van der Waals surface area (Å²) in [5, 5.41) is 12.6. The first-order chi connectivity index (χ1) is 17.8. The highest BCUT2D eigenvalue weighted by atomic mass is 19.4. The normalized spacial score (nSPS) is 21.4. The number of benzene rings is 2. The SMILES string of the molecule is CO[C@@](C(=O)N1CCC2(CCNCC2c2ccccc2OCCCO)CC1)(c1ccccc1)C(F)(F)F. The van der Waals surface area contributed by atoms with Crippen molar-refractivity contribution in [1.29, 1.82) is 0 Å². The first-order valence-electron chi connectivity index (χ1n) is 12.8. The summed E-state index contributed by atoms with van der Waals surface area (Å²) in [5.74, 6) is -0.211. The molecule has 2 aromatic carbocycles. The van der Waals surface area contributed by atoms with Gasteiger partial charge in [-0.15, -0.1) is 0 Å². The number of carbonyl (C=O) groups is 1. The summed E-state index contributed by atoms with van der Waals surface area (Å²) < 4.78 is 54.4. The van der Waals surface area contributed by atoms with E-state index in [0.717, 1.165) is 37.9 Å². The molecule has 2 aliphatic rings. The number of alkyl halides is 3. The van der Waals surface area contributed by atoms with Crippen molar-refractivity contribution in [3.8, 4) is 5.75 Å². The van der Waals surface area contributed by atoms with Crippen molar-refractivity contribution in [2.24, 2.45) is 5.41 Å². The number of ether oxygens (including phenoxy) is 2. The summed E-state index contributed by atoms with van der Waals surface area (Å²) in [6.45, 7) is 2.42. The highest BCUT2D eigenvalue weighted by Gasteiger charge is 2.64. The zero-order chi connectivity index (χ0) is 26.5. The van der Waals surface area contributed by atoms with Crippen LogP contribution in [0.3, 0.4) is 0 Å². The van der Waals surface area contributed by atoms with E-state index in [9.17, 15) is 18.0 Å². The Balaban J connectivity index is 1.58. The second-order valence-corrected chi connectivity index (χ2v) is 9.87. The Morgan fingerprint density at radius 1 is 1.08 bits per heavy atom. The molecule has 2 saturated heterocycles. The van der Waals surface area contributed by atoms with E-state index < -0.39 is 17.7 Å². The molecular formula is C28H35F3N2O4. The number of para-hydroxylation sites is 1. The predicted octanol–water partition coefficient (Wildman–Crippen LogP) is 4.24. The standard InChI is InChI=1S/C28H35F3N2O4/c1-36-27(28(29,30)31,21-8-3-2-4-9-21)25(35)33-16-13-26(14-17-33)12-15-32-20-23(26)22-10-5-6-11-24(22)37-19-7-18-34/h2-6,8-11,23,32,34H,7,12-20H2,1H3/t23?,27-/m1/s1. The van der Waals surface area contributed by atoms with E-state index in [1.165, 1.54) is 29.2 Å². The number of nitrogens with one attached hydrogen (secondary N) is 1. The van der Waals surface area contributed by atoms with Gasteiger partial charge >= 0.3 is 6.18 Å². The maximum atomic E-state index is 14.5. The van der Waals surface area contributed by atoms with Crippen molar-refractivity contribution in [2.75, 3.05) is 46.5 Å². The number of piperidine rings is 2. The Hall–Kier alpha value is -2.62. The molecule has 0 bridgehead atoms. The summed E-state index contributed by atoms with van der Waals surface area (Å²) in [7, 11) is 0.945. The molecule has 0 aliphatic carbocycles. The van der Waals surface area contributed by atoms with E-state index in [0.29, 0.717) is 25.9 Å². The van der Waals surface area contributed by atoms with Gasteiger partial charge in [-0.2, -0.15) is 13.2 Å². The summed E-state index contributed by atoms with van der Waals surface area (Å²) in [5.41, 5.74) is -2.37. The molecule has 202 valence electrons. The molecule has 2 fully saturated rings. The van der Waals surface area contributed by atoms with Gasteiger partial charge in [-0.05, 0) is 42.9 Å². The minimum Gasteiger partial charge on any atom is -0.493 e. The molecule has 2 atom stereocenters.